The molecular formula is C12H14N2O. The number of fused-ring (bicyclic) bond motifs is 3. The maximum absolute atomic E-state index is 11.8. The SMILES string of the molecule is C[C@@H]1N[C@@H]2c3ccccc3CCN2C1=O. The molecule has 3 rings (SSSR count). The summed E-state index contributed by atoms with van der Waals surface area (Å²) < 4.78 is 0. The number of carbonyl (C=O) groups is 1. The molecule has 15 heavy (non-hydrogen) atoms. The maximum Gasteiger partial charge on any atom is 0.241 e. The van der Waals surface area contributed by atoms with Crippen molar-refractivity contribution in [3.63, 3.8) is 0 Å². The molecule has 0 radical (unpaired) electrons. The van der Waals surface area contributed by atoms with Crippen LogP contribution in [0.2, 0.25) is 0 Å². The van der Waals surface area contributed by atoms with Gasteiger partial charge < -0.3 is 4.90 Å². The number of nitrogens with zero attached hydrogens (tertiary/aromatic N) is 1. The quantitative estimate of drug-likeness (QED) is 0.682. The van der Waals surface area contributed by atoms with Gasteiger partial charge in [-0.25, -0.2) is 0 Å². The van der Waals surface area contributed by atoms with Crippen LogP contribution in [0.25, 0.3) is 0 Å². The van der Waals surface area contributed by atoms with Gasteiger partial charge >= 0.3 is 0 Å². The first-order valence-corrected chi connectivity index (χ1v) is 5.42. The predicted octanol–water partition coefficient (Wildman–Crippen LogP) is 1.06. The van der Waals surface area contributed by atoms with Gasteiger partial charge in [-0.05, 0) is 24.5 Å². The Hall–Kier alpha value is -1.35. The third kappa shape index (κ3) is 1.20. The maximum atomic E-state index is 11.8. The summed E-state index contributed by atoms with van der Waals surface area (Å²) in [6.07, 6.45) is 1.09. The Balaban J connectivity index is 2.05. The average Bonchev–Trinajstić information content (AvgIpc) is 2.56. The molecule has 0 unspecified atom stereocenters. The molecule has 1 aromatic rings. The van der Waals surface area contributed by atoms with E-state index in [1.54, 1.807) is 0 Å². The topological polar surface area (TPSA) is 32.3 Å². The fourth-order valence-corrected chi connectivity index (χ4v) is 2.54. The van der Waals surface area contributed by atoms with Gasteiger partial charge in [0.2, 0.25) is 5.91 Å². The van der Waals surface area contributed by atoms with Crippen molar-refractivity contribution < 1.29 is 4.79 Å². The minimum atomic E-state index is -0.0406. The largest absolute Gasteiger partial charge is 0.321 e. The molecule has 3 heteroatoms. The van der Waals surface area contributed by atoms with Crippen LogP contribution < -0.4 is 5.32 Å². The van der Waals surface area contributed by atoms with Crippen molar-refractivity contribution in [2.45, 2.75) is 25.6 Å². The summed E-state index contributed by atoms with van der Waals surface area (Å²) >= 11 is 0. The standard InChI is InChI=1S/C12H14N2O/c1-8-12(15)14-7-6-9-4-2-3-5-10(9)11(14)13-8/h2-5,8,11,13H,6-7H2,1H3/t8-,11-/m0/s1. The predicted molar refractivity (Wildman–Crippen MR) is 57.2 cm³/mol. The molecule has 1 N–H and O–H groups in total. The number of hydrogen-bond acceptors (Lipinski definition) is 2. The van der Waals surface area contributed by atoms with E-state index in [9.17, 15) is 4.79 Å². The molecule has 0 aromatic heterocycles. The molecule has 78 valence electrons. The van der Waals surface area contributed by atoms with Gasteiger partial charge in [-0.2, -0.15) is 0 Å². The van der Waals surface area contributed by atoms with Gasteiger partial charge in [0.1, 0.15) is 6.17 Å². The van der Waals surface area contributed by atoms with Gasteiger partial charge in [0, 0.05) is 6.54 Å². The lowest BCUT2D eigenvalue weighted by Crippen LogP contribution is -2.36. The minimum Gasteiger partial charge on any atom is -0.321 e. The lowest BCUT2D eigenvalue weighted by molar-refractivity contribution is -0.130. The Morgan fingerprint density at radius 1 is 1.40 bits per heavy atom. The highest BCUT2D eigenvalue weighted by molar-refractivity contribution is 5.84. The number of nitrogens with one attached hydrogen (secondary N) is 1. The van der Waals surface area contributed by atoms with Crippen LogP contribution in [0.4, 0.5) is 0 Å². The van der Waals surface area contributed by atoms with E-state index < -0.39 is 0 Å². The average molecular weight is 202 g/mol. The van der Waals surface area contributed by atoms with Gasteiger partial charge in [0.05, 0.1) is 6.04 Å². The highest BCUT2D eigenvalue weighted by atomic mass is 16.2. The Morgan fingerprint density at radius 3 is 3.07 bits per heavy atom. The van der Waals surface area contributed by atoms with Gasteiger partial charge in [-0.3, -0.25) is 10.1 Å². The van der Waals surface area contributed by atoms with Crippen LogP contribution in [-0.4, -0.2) is 23.4 Å². The van der Waals surface area contributed by atoms with Crippen molar-refractivity contribution in [2.75, 3.05) is 6.54 Å². The molecule has 2 atom stereocenters. The molecule has 2 heterocycles. The lowest BCUT2D eigenvalue weighted by atomic mass is 9.98. The van der Waals surface area contributed by atoms with Crippen LogP contribution in [0.1, 0.15) is 24.2 Å². The smallest absolute Gasteiger partial charge is 0.241 e. The van der Waals surface area contributed by atoms with Crippen LogP contribution in [0.3, 0.4) is 0 Å². The first-order valence-electron chi connectivity index (χ1n) is 5.42. The molecule has 0 spiro atoms. The Kier molecular flexibility index (Phi) is 1.83. The third-order valence-corrected chi connectivity index (χ3v) is 3.34. The van der Waals surface area contributed by atoms with Crippen LogP contribution in [-0.2, 0) is 11.2 Å². The van der Waals surface area contributed by atoms with E-state index in [1.807, 2.05) is 17.9 Å². The molecular weight excluding hydrogens is 188 g/mol. The molecule has 1 fully saturated rings. The van der Waals surface area contributed by atoms with Gasteiger partial charge in [-0.15, -0.1) is 0 Å². The zero-order valence-electron chi connectivity index (χ0n) is 8.73. The molecule has 0 aliphatic carbocycles. The molecule has 2 aliphatic rings. The van der Waals surface area contributed by atoms with E-state index in [0.29, 0.717) is 0 Å². The summed E-state index contributed by atoms with van der Waals surface area (Å²) in [5, 5.41) is 3.34. The third-order valence-electron chi connectivity index (χ3n) is 3.34. The van der Waals surface area contributed by atoms with Crippen molar-refractivity contribution in [1.82, 2.24) is 10.2 Å². The van der Waals surface area contributed by atoms with Crippen LogP contribution in [0.5, 0.6) is 0 Å². The zero-order valence-corrected chi connectivity index (χ0v) is 8.73. The highest BCUT2D eigenvalue weighted by Gasteiger charge is 2.39. The van der Waals surface area contributed by atoms with Gasteiger partial charge in [0.15, 0.2) is 0 Å². The number of carbonyl (C=O) groups excluding carboxylic acids is 1. The van der Waals surface area contributed by atoms with E-state index in [1.165, 1.54) is 11.1 Å². The summed E-state index contributed by atoms with van der Waals surface area (Å²) in [6.45, 7) is 2.78. The Bertz CT molecular complexity index is 416. The highest BCUT2D eigenvalue weighted by Crippen LogP contribution is 2.31. The normalized spacial score (nSPS) is 28.9. The molecule has 0 bridgehead atoms. The van der Waals surface area contributed by atoms with Gasteiger partial charge in [0.25, 0.3) is 0 Å². The number of benzene rings is 1. The first kappa shape index (κ1) is 8.92. The van der Waals surface area contributed by atoms with Crippen molar-refractivity contribution in [3.05, 3.63) is 35.4 Å². The molecule has 1 aromatic carbocycles. The van der Waals surface area contributed by atoms with E-state index in [2.05, 4.69) is 23.5 Å². The molecule has 1 saturated heterocycles. The summed E-state index contributed by atoms with van der Waals surface area (Å²) in [5.74, 6) is 0.231. The number of hydrogen-bond donors (Lipinski definition) is 1. The number of amides is 1. The summed E-state index contributed by atoms with van der Waals surface area (Å²) in [4.78, 5) is 13.8. The fraction of sp³-hybridized carbons (Fsp3) is 0.417. The Morgan fingerprint density at radius 2 is 2.20 bits per heavy atom. The summed E-state index contributed by atoms with van der Waals surface area (Å²) in [6, 6.07) is 8.33. The van der Waals surface area contributed by atoms with Gasteiger partial charge in [-0.1, -0.05) is 24.3 Å². The molecule has 2 aliphatic heterocycles. The second-order valence-electron chi connectivity index (χ2n) is 4.27. The van der Waals surface area contributed by atoms with Crippen molar-refractivity contribution in [3.8, 4) is 0 Å². The molecule has 1 amide bonds. The summed E-state index contributed by atoms with van der Waals surface area (Å²) in [7, 11) is 0. The van der Waals surface area contributed by atoms with E-state index in [4.69, 9.17) is 0 Å². The van der Waals surface area contributed by atoms with Crippen molar-refractivity contribution in [1.29, 1.82) is 0 Å². The lowest BCUT2D eigenvalue weighted by Gasteiger charge is -2.31. The van der Waals surface area contributed by atoms with E-state index in [-0.39, 0.29) is 18.1 Å². The molecule has 3 nitrogen and oxygen atoms in total. The van der Waals surface area contributed by atoms with Crippen LogP contribution in [0, 0.1) is 0 Å². The first-order chi connectivity index (χ1) is 7.27. The summed E-state index contributed by atoms with van der Waals surface area (Å²) in [5.41, 5.74) is 2.63. The second-order valence-corrected chi connectivity index (χ2v) is 4.27. The van der Waals surface area contributed by atoms with E-state index >= 15 is 0 Å². The monoisotopic (exact) mass is 202 g/mol. The second kappa shape index (κ2) is 3.07. The van der Waals surface area contributed by atoms with Crippen LogP contribution >= 0.6 is 0 Å². The minimum absolute atomic E-state index is 0.0406. The fourth-order valence-electron chi connectivity index (χ4n) is 2.54. The van der Waals surface area contributed by atoms with Crippen molar-refractivity contribution in [2.24, 2.45) is 0 Å². The van der Waals surface area contributed by atoms with E-state index in [0.717, 1.165) is 13.0 Å². The van der Waals surface area contributed by atoms with Crippen LogP contribution in [0.15, 0.2) is 24.3 Å². The van der Waals surface area contributed by atoms with Crippen molar-refractivity contribution >= 4 is 5.91 Å². The molecule has 0 saturated carbocycles. The number of rotatable bonds is 0. The Labute approximate surface area is 89.1 Å². The zero-order chi connectivity index (χ0) is 10.4.